The van der Waals surface area contributed by atoms with Crippen molar-refractivity contribution in [2.45, 2.75) is 52.1 Å². The summed E-state index contributed by atoms with van der Waals surface area (Å²) in [5.41, 5.74) is 2.58. The number of nitrogens with one attached hydrogen (secondary N) is 2. The van der Waals surface area contributed by atoms with Crippen molar-refractivity contribution < 1.29 is 4.74 Å². The molecule has 4 nitrogen and oxygen atoms in total. The zero-order valence-electron chi connectivity index (χ0n) is 16.2. The van der Waals surface area contributed by atoms with E-state index in [-0.39, 0.29) is 30.1 Å². The Balaban J connectivity index is 0.00000243. The van der Waals surface area contributed by atoms with Gasteiger partial charge in [-0.15, -0.1) is 24.0 Å². The van der Waals surface area contributed by atoms with Gasteiger partial charge in [0.05, 0.1) is 6.10 Å². The Morgan fingerprint density at radius 3 is 2.62 bits per heavy atom. The van der Waals surface area contributed by atoms with Gasteiger partial charge in [0.1, 0.15) is 0 Å². The Labute approximate surface area is 175 Å². The SMILES string of the molecule is CCNC(=NCC1CCCOC1c1ccc(C)cc1)NCCC1CC1.I. The molecule has 2 N–H and O–H groups in total. The summed E-state index contributed by atoms with van der Waals surface area (Å²) in [6.07, 6.45) is 6.58. The number of nitrogens with zero attached hydrogens (tertiary/aromatic N) is 1. The number of aryl methyl sites for hydroxylation is 1. The summed E-state index contributed by atoms with van der Waals surface area (Å²) in [6, 6.07) is 8.77. The van der Waals surface area contributed by atoms with Crippen LogP contribution in [0.3, 0.4) is 0 Å². The van der Waals surface area contributed by atoms with Crippen molar-refractivity contribution in [3.8, 4) is 0 Å². The van der Waals surface area contributed by atoms with Crippen molar-refractivity contribution in [2.75, 3.05) is 26.2 Å². The first kappa shape index (κ1) is 21.5. The number of hydrogen-bond acceptors (Lipinski definition) is 2. The Bertz CT molecular complexity index is 557. The molecule has 2 atom stereocenters. The van der Waals surface area contributed by atoms with Gasteiger partial charge in [-0.05, 0) is 44.6 Å². The number of ether oxygens (including phenoxy) is 1. The summed E-state index contributed by atoms with van der Waals surface area (Å²) in [5, 5.41) is 6.87. The fraction of sp³-hybridized carbons (Fsp3) is 0.667. The largest absolute Gasteiger partial charge is 0.373 e. The van der Waals surface area contributed by atoms with Gasteiger partial charge in [-0.1, -0.05) is 42.7 Å². The van der Waals surface area contributed by atoms with Gasteiger partial charge in [-0.2, -0.15) is 0 Å². The number of halogens is 1. The van der Waals surface area contributed by atoms with Crippen LogP contribution in [0.1, 0.15) is 56.3 Å². The van der Waals surface area contributed by atoms with Gasteiger partial charge in [0, 0.05) is 32.2 Å². The van der Waals surface area contributed by atoms with Crippen molar-refractivity contribution in [3.05, 3.63) is 35.4 Å². The van der Waals surface area contributed by atoms with Gasteiger partial charge in [-0.25, -0.2) is 0 Å². The maximum Gasteiger partial charge on any atom is 0.191 e. The van der Waals surface area contributed by atoms with Crippen molar-refractivity contribution in [3.63, 3.8) is 0 Å². The number of aliphatic imine (C=N–C) groups is 1. The van der Waals surface area contributed by atoms with E-state index in [1.807, 2.05) is 0 Å². The number of hydrogen-bond donors (Lipinski definition) is 2. The van der Waals surface area contributed by atoms with Crippen LogP contribution in [0.2, 0.25) is 0 Å². The molecule has 1 saturated heterocycles. The number of guanidine groups is 1. The second-order valence-electron chi connectivity index (χ2n) is 7.48. The molecule has 1 heterocycles. The normalized spacial score (nSPS) is 23.2. The molecule has 0 amide bonds. The lowest BCUT2D eigenvalue weighted by Crippen LogP contribution is -2.38. The van der Waals surface area contributed by atoms with E-state index in [2.05, 4.69) is 48.7 Å². The quantitative estimate of drug-likeness (QED) is 0.351. The minimum Gasteiger partial charge on any atom is -0.373 e. The van der Waals surface area contributed by atoms with Crippen LogP contribution < -0.4 is 10.6 Å². The molecule has 0 aromatic heterocycles. The van der Waals surface area contributed by atoms with E-state index in [0.29, 0.717) is 5.92 Å². The molecule has 1 aliphatic heterocycles. The third-order valence-corrected chi connectivity index (χ3v) is 5.22. The summed E-state index contributed by atoms with van der Waals surface area (Å²) in [4.78, 5) is 4.86. The van der Waals surface area contributed by atoms with Crippen LogP contribution in [0.15, 0.2) is 29.3 Å². The van der Waals surface area contributed by atoms with Crippen LogP contribution in [0.25, 0.3) is 0 Å². The van der Waals surface area contributed by atoms with E-state index in [4.69, 9.17) is 9.73 Å². The van der Waals surface area contributed by atoms with Gasteiger partial charge in [0.15, 0.2) is 5.96 Å². The standard InChI is InChI=1S/C21H33N3O.HI/c1-3-22-21(23-13-12-17-8-9-17)24-15-19-5-4-14-25-20(19)18-10-6-16(2)7-11-18;/h6-7,10-11,17,19-20H,3-5,8-9,12-15H2,1-2H3,(H2,22,23,24);1H. The van der Waals surface area contributed by atoms with E-state index in [1.165, 1.54) is 36.8 Å². The van der Waals surface area contributed by atoms with E-state index in [0.717, 1.165) is 44.5 Å². The summed E-state index contributed by atoms with van der Waals surface area (Å²) in [6.45, 7) is 7.85. The zero-order valence-corrected chi connectivity index (χ0v) is 18.5. The van der Waals surface area contributed by atoms with Gasteiger partial charge in [0.25, 0.3) is 0 Å². The summed E-state index contributed by atoms with van der Waals surface area (Å²) >= 11 is 0. The fourth-order valence-electron chi connectivity index (χ4n) is 3.51. The van der Waals surface area contributed by atoms with E-state index >= 15 is 0 Å². The molecule has 2 aliphatic rings. The molecule has 146 valence electrons. The third-order valence-electron chi connectivity index (χ3n) is 5.22. The van der Waals surface area contributed by atoms with Crippen molar-refractivity contribution in [2.24, 2.45) is 16.8 Å². The minimum absolute atomic E-state index is 0. The first-order valence-electron chi connectivity index (χ1n) is 9.96. The van der Waals surface area contributed by atoms with Crippen LogP contribution in [0, 0.1) is 18.8 Å². The predicted molar refractivity (Wildman–Crippen MR) is 119 cm³/mol. The lowest BCUT2D eigenvalue weighted by Gasteiger charge is -2.31. The maximum absolute atomic E-state index is 6.12. The van der Waals surface area contributed by atoms with E-state index in [9.17, 15) is 0 Å². The number of rotatable bonds is 7. The first-order valence-corrected chi connectivity index (χ1v) is 9.96. The zero-order chi connectivity index (χ0) is 17.5. The highest BCUT2D eigenvalue weighted by Crippen LogP contribution is 2.34. The fourth-order valence-corrected chi connectivity index (χ4v) is 3.51. The minimum atomic E-state index is 0. The van der Waals surface area contributed by atoms with Crippen molar-refractivity contribution in [1.82, 2.24) is 10.6 Å². The molecular weight excluding hydrogens is 437 g/mol. The smallest absolute Gasteiger partial charge is 0.191 e. The van der Waals surface area contributed by atoms with E-state index < -0.39 is 0 Å². The third kappa shape index (κ3) is 6.72. The van der Waals surface area contributed by atoms with Gasteiger partial charge in [-0.3, -0.25) is 4.99 Å². The molecule has 2 unspecified atom stereocenters. The molecule has 26 heavy (non-hydrogen) atoms. The number of benzene rings is 1. The molecular formula is C21H34IN3O. The molecule has 0 spiro atoms. The molecule has 5 heteroatoms. The molecule has 0 radical (unpaired) electrons. The lowest BCUT2D eigenvalue weighted by molar-refractivity contribution is -0.0250. The van der Waals surface area contributed by atoms with Crippen LogP contribution in [-0.2, 0) is 4.74 Å². The second kappa shape index (κ2) is 11.1. The molecule has 1 aliphatic carbocycles. The molecule has 2 fully saturated rings. The summed E-state index contributed by atoms with van der Waals surface area (Å²) < 4.78 is 6.12. The highest BCUT2D eigenvalue weighted by Gasteiger charge is 2.27. The van der Waals surface area contributed by atoms with E-state index in [1.54, 1.807) is 0 Å². The Kier molecular flexibility index (Phi) is 9.19. The van der Waals surface area contributed by atoms with Gasteiger partial charge >= 0.3 is 0 Å². The molecule has 3 rings (SSSR count). The highest BCUT2D eigenvalue weighted by atomic mass is 127. The van der Waals surface area contributed by atoms with Crippen LogP contribution >= 0.6 is 24.0 Å². The Morgan fingerprint density at radius 2 is 1.92 bits per heavy atom. The topological polar surface area (TPSA) is 45.7 Å². The van der Waals surface area contributed by atoms with Crippen LogP contribution in [0.5, 0.6) is 0 Å². The van der Waals surface area contributed by atoms with Crippen molar-refractivity contribution in [1.29, 1.82) is 0 Å². The average Bonchev–Trinajstić information content (AvgIpc) is 3.45. The first-order chi connectivity index (χ1) is 12.3. The lowest BCUT2D eigenvalue weighted by atomic mass is 9.89. The maximum atomic E-state index is 6.12. The molecule has 1 aromatic rings. The molecule has 0 bridgehead atoms. The highest BCUT2D eigenvalue weighted by molar-refractivity contribution is 14.0. The van der Waals surface area contributed by atoms with Gasteiger partial charge < -0.3 is 15.4 Å². The van der Waals surface area contributed by atoms with Crippen LogP contribution in [-0.4, -0.2) is 32.2 Å². The summed E-state index contributed by atoms with van der Waals surface area (Å²) in [7, 11) is 0. The van der Waals surface area contributed by atoms with Gasteiger partial charge in [0.2, 0.25) is 0 Å². The Morgan fingerprint density at radius 1 is 1.15 bits per heavy atom. The summed E-state index contributed by atoms with van der Waals surface area (Å²) in [5.74, 6) is 2.36. The monoisotopic (exact) mass is 471 g/mol. The average molecular weight is 471 g/mol. The molecule has 1 aromatic carbocycles. The van der Waals surface area contributed by atoms with Crippen molar-refractivity contribution >= 4 is 29.9 Å². The Hall–Kier alpha value is -0.820. The van der Waals surface area contributed by atoms with Crippen LogP contribution in [0.4, 0.5) is 0 Å². The predicted octanol–water partition coefficient (Wildman–Crippen LogP) is 4.44. The second-order valence-corrected chi connectivity index (χ2v) is 7.48. The molecule has 1 saturated carbocycles.